The van der Waals surface area contributed by atoms with E-state index >= 15 is 0 Å². The number of benzene rings is 4. The Morgan fingerprint density at radius 2 is 0.809 bits per heavy atom. The monoisotopic (exact) mass is 674 g/mol. The fourth-order valence-electron chi connectivity index (χ4n) is 4.81. The lowest BCUT2D eigenvalue weighted by Gasteiger charge is -2.17. The van der Waals surface area contributed by atoms with Crippen molar-refractivity contribution < 1.29 is 22.6 Å². The van der Waals surface area contributed by atoms with Crippen LogP contribution < -0.4 is 18.9 Å². The zero-order chi connectivity index (χ0) is 33.1. The molecule has 4 aromatic rings. The second-order valence-electron chi connectivity index (χ2n) is 11.4. The molecule has 4 aromatic carbocycles. The lowest BCUT2D eigenvalue weighted by atomic mass is 10.0. The van der Waals surface area contributed by atoms with Gasteiger partial charge in [0.2, 0.25) is 0 Å². The molecule has 0 heterocycles. The summed E-state index contributed by atoms with van der Waals surface area (Å²) >= 11 is 2.71. The Morgan fingerprint density at radius 1 is 0.426 bits per heavy atom. The molecule has 0 aliphatic heterocycles. The Bertz CT molecular complexity index is 1380. The van der Waals surface area contributed by atoms with Crippen LogP contribution in [0.1, 0.15) is 79.1 Å². The standard InChI is InChI=1S/C40H50O5S2/c1-5-9-25-41-31-21-23-37(43-27-11-7-3)35(29-31)33-17-13-15-19-39(33)46-45-47-40-20-16-14-18-34(40)36-30-32(42-26-10-6-2)22-24-38(36)44-28-12-8-4/h13-24,29-30H,5-12,25-28H2,1-4H3. The maximum atomic E-state index is 6.32. The Hall–Kier alpha value is -3.26. The van der Waals surface area contributed by atoms with Crippen molar-refractivity contribution in [2.45, 2.75) is 88.9 Å². The second-order valence-corrected chi connectivity index (χ2v) is 13.1. The first-order chi connectivity index (χ1) is 23.2. The number of hydrogen-bond donors (Lipinski definition) is 0. The van der Waals surface area contributed by atoms with Crippen molar-refractivity contribution in [2.75, 3.05) is 26.4 Å². The van der Waals surface area contributed by atoms with E-state index in [4.69, 9.17) is 22.6 Å². The van der Waals surface area contributed by atoms with Crippen LogP contribution >= 0.6 is 24.1 Å². The van der Waals surface area contributed by atoms with Gasteiger partial charge in [-0.3, -0.25) is 0 Å². The lowest BCUT2D eigenvalue weighted by molar-refractivity contribution is 0.302. The van der Waals surface area contributed by atoms with Crippen molar-refractivity contribution in [1.29, 1.82) is 0 Å². The van der Waals surface area contributed by atoms with E-state index in [0.717, 1.165) is 106 Å². The maximum Gasteiger partial charge on any atom is 0.127 e. The van der Waals surface area contributed by atoms with Crippen molar-refractivity contribution in [3.05, 3.63) is 84.9 Å². The Kier molecular flexibility index (Phi) is 16.2. The largest absolute Gasteiger partial charge is 0.494 e. The van der Waals surface area contributed by atoms with Gasteiger partial charge >= 0.3 is 0 Å². The van der Waals surface area contributed by atoms with Crippen LogP contribution in [0.5, 0.6) is 23.0 Å². The predicted octanol–water partition coefficient (Wildman–Crippen LogP) is 12.5. The van der Waals surface area contributed by atoms with Crippen LogP contribution in [-0.4, -0.2) is 26.4 Å². The van der Waals surface area contributed by atoms with Gasteiger partial charge in [-0.2, -0.15) is 0 Å². The molecule has 4 rings (SSSR count). The molecule has 0 saturated carbocycles. The van der Waals surface area contributed by atoms with Crippen LogP contribution in [0.3, 0.4) is 0 Å². The molecule has 0 aliphatic rings. The van der Waals surface area contributed by atoms with Gasteiger partial charge in [-0.05, 0) is 74.2 Å². The van der Waals surface area contributed by atoms with Crippen LogP contribution in [0.2, 0.25) is 0 Å². The average Bonchev–Trinajstić information content (AvgIpc) is 3.10. The normalized spacial score (nSPS) is 11.0. The first-order valence-electron chi connectivity index (χ1n) is 17.2. The summed E-state index contributed by atoms with van der Waals surface area (Å²) in [6.45, 7) is 11.4. The quantitative estimate of drug-likeness (QED) is 0.0607. The van der Waals surface area contributed by atoms with Gasteiger partial charge in [0.25, 0.3) is 0 Å². The molecule has 0 radical (unpaired) electrons. The van der Waals surface area contributed by atoms with Crippen molar-refractivity contribution in [3.63, 3.8) is 0 Å². The second kappa shape index (κ2) is 20.9. The van der Waals surface area contributed by atoms with Gasteiger partial charge in [0.1, 0.15) is 23.0 Å². The summed E-state index contributed by atoms with van der Waals surface area (Å²) in [6.07, 6.45) is 8.38. The van der Waals surface area contributed by atoms with Gasteiger partial charge in [0.15, 0.2) is 0 Å². The fraction of sp³-hybridized carbons (Fsp3) is 0.400. The van der Waals surface area contributed by atoms with Crippen molar-refractivity contribution in [3.8, 4) is 45.3 Å². The highest BCUT2D eigenvalue weighted by molar-refractivity contribution is 8.08. The molecule has 0 bridgehead atoms. The summed E-state index contributed by atoms with van der Waals surface area (Å²) in [5.74, 6) is 3.39. The third-order valence-electron chi connectivity index (χ3n) is 7.55. The van der Waals surface area contributed by atoms with Gasteiger partial charge in [0.05, 0.1) is 26.4 Å². The Morgan fingerprint density at radius 3 is 1.21 bits per heavy atom. The van der Waals surface area contributed by atoms with Crippen molar-refractivity contribution in [2.24, 2.45) is 0 Å². The molecule has 47 heavy (non-hydrogen) atoms. The summed E-state index contributed by atoms with van der Waals surface area (Å²) in [7, 11) is 0. The molecule has 5 nitrogen and oxygen atoms in total. The first-order valence-corrected chi connectivity index (χ1v) is 18.7. The SMILES string of the molecule is CCCCOc1ccc(OCCCC)c(-c2ccccc2SOSc2ccccc2-c2cc(OCCCC)ccc2OCCCC)c1. The molecular formula is C40H50O5S2. The van der Waals surface area contributed by atoms with Crippen LogP contribution in [-0.2, 0) is 3.63 Å². The smallest absolute Gasteiger partial charge is 0.127 e. The minimum atomic E-state index is 0.674. The highest BCUT2D eigenvalue weighted by atomic mass is 32.2. The van der Waals surface area contributed by atoms with Crippen LogP contribution in [0.25, 0.3) is 22.3 Å². The molecule has 0 aliphatic carbocycles. The van der Waals surface area contributed by atoms with E-state index in [1.54, 1.807) is 0 Å². The van der Waals surface area contributed by atoms with Crippen LogP contribution in [0, 0.1) is 0 Å². The molecule has 0 aromatic heterocycles. The van der Waals surface area contributed by atoms with Crippen molar-refractivity contribution >= 4 is 24.1 Å². The van der Waals surface area contributed by atoms with E-state index in [-0.39, 0.29) is 0 Å². The van der Waals surface area contributed by atoms with Gasteiger partial charge in [0, 0.05) is 56.1 Å². The number of rotatable bonds is 22. The van der Waals surface area contributed by atoms with E-state index in [1.807, 2.05) is 36.4 Å². The van der Waals surface area contributed by atoms with Gasteiger partial charge in [-0.25, -0.2) is 3.63 Å². The van der Waals surface area contributed by atoms with E-state index in [9.17, 15) is 0 Å². The highest BCUT2D eigenvalue weighted by Crippen LogP contribution is 2.44. The molecule has 0 spiro atoms. The summed E-state index contributed by atoms with van der Waals surface area (Å²) < 4.78 is 31.0. The maximum absolute atomic E-state index is 6.32. The molecule has 252 valence electrons. The molecule has 0 N–H and O–H groups in total. The Balaban J connectivity index is 1.57. The third kappa shape index (κ3) is 11.4. The summed E-state index contributed by atoms with van der Waals surface area (Å²) in [4.78, 5) is 2.00. The van der Waals surface area contributed by atoms with E-state index < -0.39 is 0 Å². The molecule has 0 saturated heterocycles. The minimum Gasteiger partial charge on any atom is -0.494 e. The highest BCUT2D eigenvalue weighted by Gasteiger charge is 2.17. The molecule has 0 fully saturated rings. The number of unbranched alkanes of at least 4 members (excludes halogenated alkanes) is 4. The molecule has 0 unspecified atom stereocenters. The van der Waals surface area contributed by atoms with Gasteiger partial charge in [-0.15, -0.1) is 0 Å². The molecular weight excluding hydrogens is 625 g/mol. The van der Waals surface area contributed by atoms with Crippen molar-refractivity contribution in [1.82, 2.24) is 0 Å². The molecule has 0 atom stereocenters. The lowest BCUT2D eigenvalue weighted by Crippen LogP contribution is -2.01. The van der Waals surface area contributed by atoms with Crippen LogP contribution in [0.15, 0.2) is 94.7 Å². The van der Waals surface area contributed by atoms with E-state index in [2.05, 4.69) is 76.2 Å². The van der Waals surface area contributed by atoms with Gasteiger partial charge in [-0.1, -0.05) is 89.8 Å². The Labute approximate surface area is 291 Å². The first kappa shape index (κ1) is 36.6. The van der Waals surface area contributed by atoms with Crippen LogP contribution in [0.4, 0.5) is 0 Å². The van der Waals surface area contributed by atoms with Gasteiger partial charge < -0.3 is 18.9 Å². The zero-order valence-corrected chi connectivity index (χ0v) is 30.1. The third-order valence-corrected chi connectivity index (χ3v) is 9.16. The molecule has 0 amide bonds. The average molecular weight is 675 g/mol. The summed E-state index contributed by atoms with van der Waals surface area (Å²) in [5, 5.41) is 0. The molecule has 7 heteroatoms. The zero-order valence-electron chi connectivity index (χ0n) is 28.4. The summed E-state index contributed by atoms with van der Waals surface area (Å²) in [6, 6.07) is 28.8. The number of hydrogen-bond acceptors (Lipinski definition) is 7. The van der Waals surface area contributed by atoms with E-state index in [0.29, 0.717) is 26.4 Å². The fourth-order valence-corrected chi connectivity index (χ4v) is 6.33. The summed E-state index contributed by atoms with van der Waals surface area (Å²) in [5.41, 5.74) is 4.09. The minimum absolute atomic E-state index is 0.674. The topological polar surface area (TPSA) is 46.2 Å². The predicted molar refractivity (Wildman–Crippen MR) is 198 cm³/mol. The number of ether oxygens (including phenoxy) is 4. The van der Waals surface area contributed by atoms with E-state index in [1.165, 1.54) is 24.1 Å².